The number of aromatic amines is 1. The first-order chi connectivity index (χ1) is 9.29. The highest BCUT2D eigenvalue weighted by atomic mass is 16.4. The highest BCUT2D eigenvalue weighted by Crippen LogP contribution is 2.20. The third kappa shape index (κ3) is 2.98. The van der Waals surface area contributed by atoms with Crippen LogP contribution in [0.5, 0.6) is 0 Å². The molecular weight excluding hydrogens is 260 g/mol. The van der Waals surface area contributed by atoms with Gasteiger partial charge in [0.15, 0.2) is 0 Å². The lowest BCUT2D eigenvalue weighted by Crippen LogP contribution is -2.55. The van der Waals surface area contributed by atoms with Crippen molar-refractivity contribution in [3.63, 3.8) is 0 Å². The van der Waals surface area contributed by atoms with E-state index in [9.17, 15) is 14.7 Å². The van der Waals surface area contributed by atoms with Crippen LogP contribution in [0.1, 0.15) is 32.2 Å². The first-order valence-electron chi connectivity index (χ1n) is 6.56. The highest BCUT2D eigenvalue weighted by molar-refractivity contribution is 5.87. The third-order valence-corrected chi connectivity index (χ3v) is 3.45. The Morgan fingerprint density at radius 1 is 1.50 bits per heavy atom. The van der Waals surface area contributed by atoms with Crippen molar-refractivity contribution in [1.29, 1.82) is 0 Å². The maximum atomic E-state index is 12.2. The number of nitrogens with zero attached hydrogens (tertiary/aromatic N) is 1. The van der Waals surface area contributed by atoms with Crippen LogP contribution >= 0.6 is 0 Å². The third-order valence-electron chi connectivity index (χ3n) is 3.45. The summed E-state index contributed by atoms with van der Waals surface area (Å²) in [5, 5.41) is 14.9. The average molecular weight is 280 g/mol. The van der Waals surface area contributed by atoms with Gasteiger partial charge in [0.05, 0.1) is 23.8 Å². The van der Waals surface area contributed by atoms with Crippen LogP contribution in [0.4, 0.5) is 0 Å². The van der Waals surface area contributed by atoms with Gasteiger partial charge in [-0.1, -0.05) is 20.8 Å². The van der Waals surface area contributed by atoms with Crippen molar-refractivity contribution in [2.45, 2.75) is 45.8 Å². The van der Waals surface area contributed by atoms with Crippen molar-refractivity contribution >= 4 is 11.9 Å². The number of amides is 1. The van der Waals surface area contributed by atoms with Crippen molar-refractivity contribution in [3.8, 4) is 0 Å². The summed E-state index contributed by atoms with van der Waals surface area (Å²) in [7, 11) is 0. The molecule has 0 aliphatic carbocycles. The zero-order valence-corrected chi connectivity index (χ0v) is 11.9. The fourth-order valence-electron chi connectivity index (χ4n) is 2.25. The molecule has 4 N–H and O–H groups in total. The number of imidazole rings is 1. The number of nitrogens with one attached hydrogen (secondary N) is 3. The standard InChI is InChI=1S/C13H20N4O3/c1-13(2,3)10(12(19)20)17-11(18)8-4-7-9(5-14-8)16-6-15-7/h6,8,10,14H,4-5H2,1-3H3,(H,15,16)(H,17,18)(H,19,20)/t8?,10-/m1/s1. The number of H-pyrrole nitrogens is 1. The van der Waals surface area contributed by atoms with Gasteiger partial charge in [-0.3, -0.25) is 10.1 Å². The van der Waals surface area contributed by atoms with Gasteiger partial charge in [-0.25, -0.2) is 9.78 Å². The minimum atomic E-state index is -1.03. The maximum Gasteiger partial charge on any atom is 0.326 e. The van der Waals surface area contributed by atoms with Crippen molar-refractivity contribution < 1.29 is 14.7 Å². The lowest BCUT2D eigenvalue weighted by atomic mass is 9.86. The number of hydrogen-bond donors (Lipinski definition) is 4. The summed E-state index contributed by atoms with van der Waals surface area (Å²) in [6.07, 6.45) is 2.06. The molecule has 110 valence electrons. The number of aromatic nitrogens is 2. The van der Waals surface area contributed by atoms with Gasteiger partial charge in [0, 0.05) is 13.0 Å². The Bertz CT molecular complexity index is 518. The zero-order chi connectivity index (χ0) is 14.9. The van der Waals surface area contributed by atoms with Gasteiger partial charge in [-0.2, -0.15) is 0 Å². The quantitative estimate of drug-likeness (QED) is 0.625. The van der Waals surface area contributed by atoms with Gasteiger partial charge in [0.2, 0.25) is 5.91 Å². The average Bonchev–Trinajstić information content (AvgIpc) is 2.80. The topological polar surface area (TPSA) is 107 Å². The second kappa shape index (κ2) is 5.24. The summed E-state index contributed by atoms with van der Waals surface area (Å²) in [4.78, 5) is 30.6. The van der Waals surface area contributed by atoms with Crippen LogP contribution in [-0.2, 0) is 22.6 Å². The summed E-state index contributed by atoms with van der Waals surface area (Å²) in [6, 6.07) is -1.37. The summed E-state index contributed by atoms with van der Waals surface area (Å²) in [6.45, 7) is 5.88. The number of fused-ring (bicyclic) bond motifs is 1. The number of carboxylic acid groups (broad SMARTS) is 1. The van der Waals surface area contributed by atoms with E-state index in [4.69, 9.17) is 0 Å². The van der Waals surface area contributed by atoms with E-state index in [0.29, 0.717) is 13.0 Å². The van der Waals surface area contributed by atoms with Gasteiger partial charge >= 0.3 is 5.97 Å². The second-order valence-corrected chi connectivity index (χ2v) is 6.11. The van der Waals surface area contributed by atoms with Crippen molar-refractivity contribution in [1.82, 2.24) is 20.6 Å². The van der Waals surface area contributed by atoms with Gasteiger partial charge < -0.3 is 15.4 Å². The molecule has 1 aliphatic heterocycles. The molecule has 0 saturated heterocycles. The van der Waals surface area contributed by atoms with E-state index in [1.54, 1.807) is 27.1 Å². The van der Waals surface area contributed by atoms with Gasteiger partial charge in [0.25, 0.3) is 0 Å². The van der Waals surface area contributed by atoms with Crippen LogP contribution < -0.4 is 10.6 Å². The molecule has 2 atom stereocenters. The van der Waals surface area contributed by atoms with E-state index >= 15 is 0 Å². The Kier molecular flexibility index (Phi) is 3.80. The molecule has 1 aromatic rings. The van der Waals surface area contributed by atoms with Crippen LogP contribution in [0.3, 0.4) is 0 Å². The summed E-state index contributed by atoms with van der Waals surface area (Å²) >= 11 is 0. The smallest absolute Gasteiger partial charge is 0.326 e. The molecule has 1 aromatic heterocycles. The molecule has 0 saturated carbocycles. The summed E-state index contributed by atoms with van der Waals surface area (Å²) in [5.74, 6) is -1.33. The maximum absolute atomic E-state index is 12.2. The molecular formula is C13H20N4O3. The number of carboxylic acids is 1. The molecule has 7 heteroatoms. The Morgan fingerprint density at radius 3 is 2.80 bits per heavy atom. The SMILES string of the molecule is CC(C)(C)[C@H](NC(=O)C1Cc2nc[nH]c2CN1)C(=O)O. The number of carbonyl (C=O) groups excluding carboxylic acids is 1. The molecule has 7 nitrogen and oxygen atoms in total. The zero-order valence-electron chi connectivity index (χ0n) is 11.9. The molecule has 1 unspecified atom stereocenters. The van der Waals surface area contributed by atoms with Gasteiger partial charge in [-0.15, -0.1) is 0 Å². The predicted octanol–water partition coefficient (Wildman–Crippen LogP) is 0.0395. The van der Waals surface area contributed by atoms with Crippen LogP contribution in [0.25, 0.3) is 0 Å². The molecule has 0 radical (unpaired) electrons. The van der Waals surface area contributed by atoms with E-state index in [2.05, 4.69) is 20.6 Å². The van der Waals surface area contributed by atoms with Gasteiger partial charge in [-0.05, 0) is 5.41 Å². The van der Waals surface area contributed by atoms with E-state index < -0.39 is 23.5 Å². The van der Waals surface area contributed by atoms with Crippen LogP contribution in [0, 0.1) is 5.41 Å². The molecule has 20 heavy (non-hydrogen) atoms. The molecule has 2 rings (SSSR count). The molecule has 2 heterocycles. The number of rotatable bonds is 3. The van der Waals surface area contributed by atoms with Crippen molar-refractivity contribution in [2.24, 2.45) is 5.41 Å². The summed E-state index contributed by atoms with van der Waals surface area (Å²) in [5.41, 5.74) is 1.28. The summed E-state index contributed by atoms with van der Waals surface area (Å²) < 4.78 is 0. The minimum absolute atomic E-state index is 0.305. The van der Waals surface area contributed by atoms with Crippen molar-refractivity contribution in [2.75, 3.05) is 0 Å². The Labute approximate surface area is 117 Å². The van der Waals surface area contributed by atoms with Crippen LogP contribution in [-0.4, -0.2) is 39.0 Å². The largest absolute Gasteiger partial charge is 0.480 e. The highest BCUT2D eigenvalue weighted by Gasteiger charge is 2.35. The number of aliphatic carboxylic acids is 1. The molecule has 0 fully saturated rings. The molecule has 0 bridgehead atoms. The normalized spacial score (nSPS) is 20.1. The predicted molar refractivity (Wildman–Crippen MR) is 71.9 cm³/mol. The fraction of sp³-hybridized carbons (Fsp3) is 0.615. The molecule has 1 aliphatic rings. The Morgan fingerprint density at radius 2 is 2.20 bits per heavy atom. The van der Waals surface area contributed by atoms with Crippen LogP contribution in [0.2, 0.25) is 0 Å². The monoisotopic (exact) mass is 280 g/mol. The minimum Gasteiger partial charge on any atom is -0.480 e. The molecule has 0 aromatic carbocycles. The van der Waals surface area contributed by atoms with Crippen molar-refractivity contribution in [3.05, 3.63) is 17.7 Å². The fourth-order valence-corrected chi connectivity index (χ4v) is 2.25. The van der Waals surface area contributed by atoms with E-state index in [0.717, 1.165) is 11.4 Å². The first kappa shape index (κ1) is 14.5. The van der Waals surface area contributed by atoms with E-state index in [1.807, 2.05) is 0 Å². The first-order valence-corrected chi connectivity index (χ1v) is 6.56. The van der Waals surface area contributed by atoms with E-state index in [-0.39, 0.29) is 5.91 Å². The lowest BCUT2D eigenvalue weighted by Gasteiger charge is -2.30. The second-order valence-electron chi connectivity index (χ2n) is 6.11. The van der Waals surface area contributed by atoms with Gasteiger partial charge in [0.1, 0.15) is 6.04 Å². The van der Waals surface area contributed by atoms with E-state index in [1.165, 1.54) is 0 Å². The number of hydrogen-bond acceptors (Lipinski definition) is 4. The molecule has 1 amide bonds. The lowest BCUT2D eigenvalue weighted by molar-refractivity contribution is -0.145. The number of carbonyl (C=O) groups is 2. The Hall–Kier alpha value is -1.89. The Balaban J connectivity index is 2.04. The van der Waals surface area contributed by atoms with Crippen LogP contribution in [0.15, 0.2) is 6.33 Å². The molecule has 0 spiro atoms.